The molecule has 0 aliphatic carbocycles. The summed E-state index contributed by atoms with van der Waals surface area (Å²) in [5.74, 6) is 0.597. The summed E-state index contributed by atoms with van der Waals surface area (Å²) in [6, 6.07) is 15.1. The highest BCUT2D eigenvalue weighted by atomic mass is 35.5. The number of nitrogens with two attached hydrogens (primary N) is 1. The standard InChI is InChI=1S/C19H18ClN5OS/c1-12-3-2-4-14(9-12)22-18(21)25-19-23-15(10-17(26)24-19)11-27-16-7-5-13(20)6-8-16/h2-9H,10-11H2,1H3,(H3,21,22,24,25,26). The third kappa shape index (κ3) is 5.94. The number of carbonyl (C=O) groups is 1. The van der Waals surface area contributed by atoms with Crippen molar-refractivity contribution in [3.63, 3.8) is 0 Å². The number of halogens is 1. The smallest absolute Gasteiger partial charge is 0.232 e. The number of carbonyl (C=O) groups excluding carboxylic acids is 1. The molecule has 138 valence electrons. The van der Waals surface area contributed by atoms with Gasteiger partial charge < -0.3 is 5.73 Å². The van der Waals surface area contributed by atoms with E-state index in [9.17, 15) is 4.79 Å². The van der Waals surface area contributed by atoms with Crippen LogP contribution in [0.3, 0.4) is 0 Å². The minimum absolute atomic E-state index is 0.0336. The number of benzene rings is 2. The van der Waals surface area contributed by atoms with Gasteiger partial charge in [-0.15, -0.1) is 11.8 Å². The van der Waals surface area contributed by atoms with E-state index >= 15 is 0 Å². The van der Waals surface area contributed by atoms with E-state index in [0.717, 1.165) is 16.2 Å². The van der Waals surface area contributed by atoms with Gasteiger partial charge in [0.2, 0.25) is 17.8 Å². The largest absolute Gasteiger partial charge is 0.368 e. The molecule has 2 aromatic rings. The summed E-state index contributed by atoms with van der Waals surface area (Å²) in [6.45, 7) is 1.97. The van der Waals surface area contributed by atoms with Crippen LogP contribution in [0.1, 0.15) is 12.0 Å². The minimum Gasteiger partial charge on any atom is -0.368 e. The van der Waals surface area contributed by atoms with Crippen molar-refractivity contribution < 1.29 is 4.79 Å². The molecule has 0 aromatic heterocycles. The number of nitrogens with zero attached hydrogens (tertiary/aromatic N) is 3. The fraction of sp³-hybridized carbons (Fsp3) is 0.158. The third-order valence-electron chi connectivity index (χ3n) is 3.56. The Labute approximate surface area is 166 Å². The summed E-state index contributed by atoms with van der Waals surface area (Å²) in [4.78, 5) is 25.7. The Kier molecular flexibility index (Phi) is 6.26. The lowest BCUT2D eigenvalue weighted by Crippen LogP contribution is -2.37. The van der Waals surface area contributed by atoms with E-state index in [0.29, 0.717) is 16.5 Å². The molecule has 1 aliphatic heterocycles. The molecule has 0 spiro atoms. The second kappa shape index (κ2) is 8.83. The van der Waals surface area contributed by atoms with E-state index in [-0.39, 0.29) is 24.2 Å². The molecule has 1 heterocycles. The number of nitrogens with one attached hydrogen (secondary N) is 1. The summed E-state index contributed by atoms with van der Waals surface area (Å²) >= 11 is 7.47. The Hall–Kier alpha value is -2.64. The number of amides is 1. The first-order valence-corrected chi connectivity index (χ1v) is 9.58. The van der Waals surface area contributed by atoms with Gasteiger partial charge in [0, 0.05) is 21.4 Å². The second-order valence-corrected chi connectivity index (χ2v) is 7.38. The van der Waals surface area contributed by atoms with Gasteiger partial charge in [-0.25, -0.2) is 9.98 Å². The minimum atomic E-state index is -0.168. The van der Waals surface area contributed by atoms with E-state index in [1.54, 1.807) is 11.8 Å². The average Bonchev–Trinajstić information content (AvgIpc) is 2.60. The Balaban J connectivity index is 1.72. The lowest BCUT2D eigenvalue weighted by Gasteiger charge is -2.14. The molecule has 1 aliphatic rings. The summed E-state index contributed by atoms with van der Waals surface area (Å²) in [6.07, 6.45) is 0.231. The molecule has 0 atom stereocenters. The molecule has 0 saturated heterocycles. The van der Waals surface area contributed by atoms with E-state index in [1.807, 2.05) is 55.5 Å². The molecule has 6 nitrogen and oxygen atoms in total. The summed E-state index contributed by atoms with van der Waals surface area (Å²) < 4.78 is 0. The number of thioether (sulfide) groups is 1. The van der Waals surface area contributed by atoms with Crippen LogP contribution < -0.4 is 11.1 Å². The van der Waals surface area contributed by atoms with Crippen LogP contribution in [0.25, 0.3) is 0 Å². The van der Waals surface area contributed by atoms with Crippen LogP contribution in [0.4, 0.5) is 5.69 Å². The average molecular weight is 400 g/mol. The van der Waals surface area contributed by atoms with Crippen molar-refractivity contribution in [1.82, 2.24) is 5.32 Å². The van der Waals surface area contributed by atoms with Gasteiger partial charge in [0.05, 0.1) is 12.1 Å². The van der Waals surface area contributed by atoms with Gasteiger partial charge in [0.15, 0.2) is 0 Å². The Morgan fingerprint density at radius 3 is 2.81 bits per heavy atom. The predicted molar refractivity (Wildman–Crippen MR) is 112 cm³/mol. The second-order valence-electron chi connectivity index (χ2n) is 5.89. The molecule has 27 heavy (non-hydrogen) atoms. The first-order chi connectivity index (χ1) is 13.0. The maximum atomic E-state index is 11.9. The SMILES string of the molecule is Cc1cccc(N=C(N)N=C2N=C(CSc3ccc(Cl)cc3)CC(=O)N2)c1. The molecule has 0 radical (unpaired) electrons. The van der Waals surface area contributed by atoms with Crippen molar-refractivity contribution >= 4 is 52.6 Å². The monoisotopic (exact) mass is 399 g/mol. The lowest BCUT2D eigenvalue weighted by atomic mass is 10.2. The fourth-order valence-electron chi connectivity index (χ4n) is 2.37. The normalized spacial score (nSPS) is 16.2. The van der Waals surface area contributed by atoms with E-state index in [1.165, 1.54) is 0 Å². The van der Waals surface area contributed by atoms with Crippen molar-refractivity contribution in [1.29, 1.82) is 0 Å². The van der Waals surface area contributed by atoms with Crippen molar-refractivity contribution in [2.75, 3.05) is 5.75 Å². The molecule has 2 aromatic carbocycles. The summed E-state index contributed by atoms with van der Waals surface area (Å²) in [5, 5.41) is 3.30. The first kappa shape index (κ1) is 19.1. The molecule has 0 unspecified atom stereocenters. The number of aliphatic imine (C=N–C) groups is 3. The van der Waals surface area contributed by atoms with Crippen molar-refractivity contribution in [2.45, 2.75) is 18.2 Å². The van der Waals surface area contributed by atoms with Gasteiger partial charge in [-0.3, -0.25) is 10.1 Å². The summed E-state index contributed by atoms with van der Waals surface area (Å²) in [5.41, 5.74) is 8.37. The lowest BCUT2D eigenvalue weighted by molar-refractivity contribution is -0.118. The molecular weight excluding hydrogens is 382 g/mol. The molecule has 3 N–H and O–H groups in total. The van der Waals surface area contributed by atoms with Gasteiger partial charge in [-0.2, -0.15) is 4.99 Å². The maximum Gasteiger partial charge on any atom is 0.232 e. The molecule has 0 bridgehead atoms. The van der Waals surface area contributed by atoms with E-state index < -0.39 is 0 Å². The van der Waals surface area contributed by atoms with Crippen molar-refractivity contribution in [3.8, 4) is 0 Å². The highest BCUT2D eigenvalue weighted by molar-refractivity contribution is 8.00. The van der Waals surface area contributed by atoms with Crippen molar-refractivity contribution in [3.05, 3.63) is 59.1 Å². The van der Waals surface area contributed by atoms with Gasteiger partial charge >= 0.3 is 0 Å². The van der Waals surface area contributed by atoms with E-state index in [4.69, 9.17) is 17.3 Å². The van der Waals surface area contributed by atoms with Crippen LogP contribution in [0, 0.1) is 6.92 Å². The molecular formula is C19H18ClN5OS. The zero-order valence-corrected chi connectivity index (χ0v) is 16.2. The van der Waals surface area contributed by atoms with Gasteiger partial charge in [-0.1, -0.05) is 23.7 Å². The molecule has 0 fully saturated rings. The fourth-order valence-corrected chi connectivity index (χ4v) is 3.32. The number of hydrogen-bond acceptors (Lipinski definition) is 3. The molecule has 3 rings (SSSR count). The van der Waals surface area contributed by atoms with Crippen LogP contribution in [0.15, 0.2) is 68.4 Å². The van der Waals surface area contributed by atoms with Crippen LogP contribution >= 0.6 is 23.4 Å². The number of rotatable bonds is 4. The zero-order chi connectivity index (χ0) is 19.2. The highest BCUT2D eigenvalue weighted by Crippen LogP contribution is 2.21. The third-order valence-corrected chi connectivity index (χ3v) is 4.90. The quantitative estimate of drug-likeness (QED) is 0.466. The molecule has 8 heteroatoms. The van der Waals surface area contributed by atoms with E-state index in [2.05, 4.69) is 20.3 Å². The predicted octanol–water partition coefficient (Wildman–Crippen LogP) is 3.70. The first-order valence-electron chi connectivity index (χ1n) is 8.22. The van der Waals surface area contributed by atoms with Crippen LogP contribution in [0.5, 0.6) is 0 Å². The van der Waals surface area contributed by atoms with Gasteiger partial charge in [0.1, 0.15) is 0 Å². The summed E-state index contributed by atoms with van der Waals surface area (Å²) in [7, 11) is 0. The van der Waals surface area contributed by atoms with Crippen LogP contribution in [0.2, 0.25) is 5.02 Å². The Bertz CT molecular complexity index is 937. The number of guanidine groups is 2. The molecule has 1 amide bonds. The Morgan fingerprint density at radius 1 is 1.30 bits per heavy atom. The number of hydrogen-bond donors (Lipinski definition) is 2. The van der Waals surface area contributed by atoms with Crippen LogP contribution in [-0.2, 0) is 4.79 Å². The molecule has 0 saturated carbocycles. The number of aryl methyl sites for hydroxylation is 1. The van der Waals surface area contributed by atoms with Gasteiger partial charge in [-0.05, 0) is 48.9 Å². The highest BCUT2D eigenvalue weighted by Gasteiger charge is 2.17. The van der Waals surface area contributed by atoms with Gasteiger partial charge in [0.25, 0.3) is 0 Å². The zero-order valence-electron chi connectivity index (χ0n) is 14.6. The maximum absolute atomic E-state index is 11.9. The van der Waals surface area contributed by atoms with Crippen molar-refractivity contribution in [2.24, 2.45) is 20.7 Å². The van der Waals surface area contributed by atoms with Crippen LogP contribution in [-0.4, -0.2) is 29.3 Å². The Morgan fingerprint density at radius 2 is 2.07 bits per heavy atom. The topological polar surface area (TPSA) is 92.2 Å².